The van der Waals surface area contributed by atoms with E-state index in [1.54, 1.807) is 26.2 Å². The zero-order valence-electron chi connectivity index (χ0n) is 11.4. The fourth-order valence-electron chi connectivity index (χ4n) is 2.59. The van der Waals surface area contributed by atoms with Crippen LogP contribution in [-0.4, -0.2) is 42.9 Å². The van der Waals surface area contributed by atoms with E-state index in [4.69, 9.17) is 9.84 Å². The molecule has 1 unspecified atom stereocenters. The summed E-state index contributed by atoms with van der Waals surface area (Å²) in [7, 11) is 1.73. The number of anilines is 1. The van der Waals surface area contributed by atoms with E-state index in [1.807, 2.05) is 0 Å². The van der Waals surface area contributed by atoms with Gasteiger partial charge in [-0.05, 0) is 37.8 Å². The first-order chi connectivity index (χ1) is 9.11. The third-order valence-corrected chi connectivity index (χ3v) is 3.55. The Balaban J connectivity index is 2.13. The van der Waals surface area contributed by atoms with Crippen LogP contribution in [0.4, 0.5) is 5.82 Å². The van der Waals surface area contributed by atoms with Crippen molar-refractivity contribution < 1.29 is 14.6 Å². The molecule has 0 bridgehead atoms. The molecule has 1 aliphatic rings. The van der Waals surface area contributed by atoms with Crippen molar-refractivity contribution >= 4 is 11.8 Å². The summed E-state index contributed by atoms with van der Waals surface area (Å²) in [6.07, 6.45) is 2.30. The van der Waals surface area contributed by atoms with Gasteiger partial charge < -0.3 is 14.7 Å². The van der Waals surface area contributed by atoms with Gasteiger partial charge in [-0.3, -0.25) is 0 Å². The lowest BCUT2D eigenvalue weighted by Gasteiger charge is -2.33. The average molecular weight is 264 g/mol. The van der Waals surface area contributed by atoms with Gasteiger partial charge in [-0.25, -0.2) is 9.78 Å². The molecule has 0 aromatic carbocycles. The van der Waals surface area contributed by atoms with Crippen LogP contribution in [0.1, 0.15) is 28.9 Å². The molecule has 2 heterocycles. The number of piperidine rings is 1. The number of pyridine rings is 1. The van der Waals surface area contributed by atoms with Gasteiger partial charge in [0.1, 0.15) is 5.82 Å². The topological polar surface area (TPSA) is 62.7 Å². The molecule has 1 aromatic rings. The standard InChI is InChI=1S/C14H20N2O3/c1-10-12(14(17)18)5-6-13(15-10)16-7-3-4-11(8-16)9-19-2/h5-6,11H,3-4,7-9H2,1-2H3,(H,17,18). The van der Waals surface area contributed by atoms with E-state index in [0.717, 1.165) is 31.9 Å². The highest BCUT2D eigenvalue weighted by molar-refractivity contribution is 5.89. The molecule has 19 heavy (non-hydrogen) atoms. The zero-order valence-corrected chi connectivity index (χ0v) is 11.4. The normalized spacial score (nSPS) is 19.5. The monoisotopic (exact) mass is 264 g/mol. The Bertz CT molecular complexity index is 460. The second-order valence-electron chi connectivity index (χ2n) is 5.02. The van der Waals surface area contributed by atoms with Crippen molar-refractivity contribution in [1.82, 2.24) is 4.98 Å². The van der Waals surface area contributed by atoms with Gasteiger partial charge in [-0.1, -0.05) is 0 Å². The number of carboxylic acid groups (broad SMARTS) is 1. The second-order valence-corrected chi connectivity index (χ2v) is 5.02. The molecule has 1 atom stereocenters. The van der Waals surface area contributed by atoms with Crippen LogP contribution in [0.15, 0.2) is 12.1 Å². The third-order valence-electron chi connectivity index (χ3n) is 3.55. The van der Waals surface area contributed by atoms with Gasteiger partial charge in [0, 0.05) is 20.2 Å². The van der Waals surface area contributed by atoms with E-state index in [1.165, 1.54) is 6.42 Å². The van der Waals surface area contributed by atoms with Gasteiger partial charge in [0.2, 0.25) is 0 Å². The number of aryl methyl sites for hydroxylation is 1. The van der Waals surface area contributed by atoms with Crippen molar-refractivity contribution in [2.45, 2.75) is 19.8 Å². The van der Waals surface area contributed by atoms with Crippen molar-refractivity contribution in [2.24, 2.45) is 5.92 Å². The fraction of sp³-hybridized carbons (Fsp3) is 0.571. The Hall–Kier alpha value is -1.62. The maximum Gasteiger partial charge on any atom is 0.337 e. The van der Waals surface area contributed by atoms with E-state index in [9.17, 15) is 4.79 Å². The summed E-state index contributed by atoms with van der Waals surface area (Å²) in [5.74, 6) is 0.468. The van der Waals surface area contributed by atoms with Crippen molar-refractivity contribution in [2.75, 3.05) is 31.7 Å². The Labute approximate surface area is 113 Å². The Morgan fingerprint density at radius 3 is 3.00 bits per heavy atom. The molecular formula is C14H20N2O3. The smallest absolute Gasteiger partial charge is 0.337 e. The van der Waals surface area contributed by atoms with Crippen LogP contribution >= 0.6 is 0 Å². The largest absolute Gasteiger partial charge is 0.478 e. The first-order valence-electron chi connectivity index (χ1n) is 6.56. The number of nitrogens with zero attached hydrogens (tertiary/aromatic N) is 2. The van der Waals surface area contributed by atoms with Gasteiger partial charge in [-0.2, -0.15) is 0 Å². The van der Waals surface area contributed by atoms with Crippen LogP contribution in [0.25, 0.3) is 0 Å². The number of aromatic carboxylic acids is 1. The summed E-state index contributed by atoms with van der Waals surface area (Å²) >= 11 is 0. The molecular weight excluding hydrogens is 244 g/mol. The number of hydrogen-bond acceptors (Lipinski definition) is 4. The fourth-order valence-corrected chi connectivity index (χ4v) is 2.59. The Morgan fingerprint density at radius 2 is 2.37 bits per heavy atom. The van der Waals surface area contributed by atoms with Gasteiger partial charge in [0.15, 0.2) is 0 Å². The molecule has 1 aliphatic heterocycles. The Kier molecular flexibility index (Phi) is 4.37. The van der Waals surface area contributed by atoms with E-state index >= 15 is 0 Å². The predicted molar refractivity (Wildman–Crippen MR) is 72.7 cm³/mol. The summed E-state index contributed by atoms with van der Waals surface area (Å²) in [5, 5.41) is 9.01. The van der Waals surface area contributed by atoms with Crippen LogP contribution in [0.2, 0.25) is 0 Å². The number of ether oxygens (including phenoxy) is 1. The minimum atomic E-state index is -0.924. The van der Waals surface area contributed by atoms with E-state index < -0.39 is 5.97 Å². The molecule has 104 valence electrons. The number of carboxylic acids is 1. The molecule has 0 saturated carbocycles. The highest BCUT2D eigenvalue weighted by Gasteiger charge is 2.21. The quantitative estimate of drug-likeness (QED) is 0.900. The number of aromatic nitrogens is 1. The van der Waals surface area contributed by atoms with E-state index in [-0.39, 0.29) is 5.56 Å². The van der Waals surface area contributed by atoms with E-state index in [0.29, 0.717) is 11.6 Å². The predicted octanol–water partition coefficient (Wildman–Crippen LogP) is 1.95. The third kappa shape index (κ3) is 3.23. The van der Waals surface area contributed by atoms with Crippen LogP contribution < -0.4 is 4.90 Å². The maximum atomic E-state index is 11.0. The minimum absolute atomic E-state index is 0.272. The molecule has 0 aliphatic carbocycles. The molecule has 0 amide bonds. The summed E-state index contributed by atoms with van der Waals surface area (Å²) in [6, 6.07) is 3.44. The molecule has 1 aromatic heterocycles. The maximum absolute atomic E-state index is 11.0. The summed E-state index contributed by atoms with van der Waals surface area (Å²) < 4.78 is 5.22. The second kappa shape index (κ2) is 6.02. The SMILES string of the molecule is COCC1CCCN(c2ccc(C(=O)O)c(C)n2)C1. The van der Waals surface area contributed by atoms with E-state index in [2.05, 4.69) is 9.88 Å². The molecule has 1 N–H and O–H groups in total. The summed E-state index contributed by atoms with van der Waals surface area (Å²) in [5.41, 5.74) is 0.841. The van der Waals surface area contributed by atoms with Crippen molar-refractivity contribution in [3.63, 3.8) is 0 Å². The van der Waals surface area contributed by atoms with Crippen molar-refractivity contribution in [3.05, 3.63) is 23.4 Å². The van der Waals surface area contributed by atoms with Crippen LogP contribution in [0.5, 0.6) is 0 Å². The van der Waals surface area contributed by atoms with Crippen molar-refractivity contribution in [3.8, 4) is 0 Å². The first kappa shape index (κ1) is 13.8. The molecule has 0 spiro atoms. The van der Waals surface area contributed by atoms with Gasteiger partial charge in [-0.15, -0.1) is 0 Å². The molecule has 5 heteroatoms. The number of methoxy groups -OCH3 is 1. The number of hydrogen-bond donors (Lipinski definition) is 1. The number of carbonyl (C=O) groups is 1. The van der Waals surface area contributed by atoms with Gasteiger partial charge in [0.05, 0.1) is 17.9 Å². The van der Waals surface area contributed by atoms with Crippen LogP contribution in [0.3, 0.4) is 0 Å². The molecule has 5 nitrogen and oxygen atoms in total. The lowest BCUT2D eigenvalue weighted by atomic mass is 9.99. The summed E-state index contributed by atoms with van der Waals surface area (Å²) in [4.78, 5) is 17.6. The zero-order chi connectivity index (χ0) is 13.8. The summed E-state index contributed by atoms with van der Waals surface area (Å²) in [6.45, 7) is 4.40. The molecule has 1 fully saturated rings. The lowest BCUT2D eigenvalue weighted by Crippen LogP contribution is -2.37. The lowest BCUT2D eigenvalue weighted by molar-refractivity contribution is 0.0695. The highest BCUT2D eigenvalue weighted by atomic mass is 16.5. The first-order valence-corrected chi connectivity index (χ1v) is 6.56. The van der Waals surface area contributed by atoms with Crippen LogP contribution in [0, 0.1) is 12.8 Å². The minimum Gasteiger partial charge on any atom is -0.478 e. The average Bonchev–Trinajstić information content (AvgIpc) is 2.39. The van der Waals surface area contributed by atoms with Gasteiger partial charge >= 0.3 is 5.97 Å². The van der Waals surface area contributed by atoms with Crippen LogP contribution in [-0.2, 0) is 4.74 Å². The highest BCUT2D eigenvalue weighted by Crippen LogP contribution is 2.23. The molecule has 1 saturated heterocycles. The number of rotatable bonds is 4. The molecule has 2 rings (SSSR count). The molecule has 0 radical (unpaired) electrons. The van der Waals surface area contributed by atoms with Crippen molar-refractivity contribution in [1.29, 1.82) is 0 Å². The Morgan fingerprint density at radius 1 is 1.58 bits per heavy atom. The van der Waals surface area contributed by atoms with Gasteiger partial charge in [0.25, 0.3) is 0 Å².